The van der Waals surface area contributed by atoms with Gasteiger partial charge in [-0.15, -0.1) is 11.3 Å². The molecule has 0 bridgehead atoms. The summed E-state index contributed by atoms with van der Waals surface area (Å²) in [5, 5.41) is 7.44. The molecule has 0 aliphatic rings. The van der Waals surface area contributed by atoms with E-state index >= 15 is 0 Å². The minimum absolute atomic E-state index is 0.137. The van der Waals surface area contributed by atoms with Gasteiger partial charge in [0.2, 0.25) is 5.91 Å². The Labute approximate surface area is 165 Å². The zero-order valence-electron chi connectivity index (χ0n) is 15.5. The average molecular weight is 413 g/mol. The van der Waals surface area contributed by atoms with Gasteiger partial charge in [0.05, 0.1) is 34.0 Å². The van der Waals surface area contributed by atoms with Crippen molar-refractivity contribution in [1.29, 1.82) is 0 Å². The summed E-state index contributed by atoms with van der Waals surface area (Å²) in [5.74, 6) is -1.70. The Balaban J connectivity index is 2.35. The number of hydrogen-bond acceptors (Lipinski definition) is 6. The molecule has 0 radical (unpaired) electrons. The van der Waals surface area contributed by atoms with Crippen molar-refractivity contribution in [2.24, 2.45) is 5.73 Å². The summed E-state index contributed by atoms with van der Waals surface area (Å²) >= 11 is 6.93. The van der Waals surface area contributed by atoms with Crippen LogP contribution in [0.15, 0.2) is 6.20 Å². The van der Waals surface area contributed by atoms with E-state index in [0.29, 0.717) is 22.7 Å². The first-order valence-corrected chi connectivity index (χ1v) is 9.49. The van der Waals surface area contributed by atoms with Gasteiger partial charge in [0, 0.05) is 0 Å². The maximum Gasteiger partial charge on any atom is 0.341 e. The molecule has 2 heterocycles. The second-order valence-corrected chi connectivity index (χ2v) is 7.38. The molecule has 0 fully saturated rings. The first kappa shape index (κ1) is 20.9. The fourth-order valence-electron chi connectivity index (χ4n) is 2.47. The van der Waals surface area contributed by atoms with E-state index in [-0.39, 0.29) is 22.0 Å². The van der Waals surface area contributed by atoms with Gasteiger partial charge in [-0.25, -0.2) is 4.79 Å². The molecule has 27 heavy (non-hydrogen) atoms. The molecule has 2 amide bonds. The highest BCUT2D eigenvalue weighted by atomic mass is 35.5. The molecule has 8 nitrogen and oxygen atoms in total. The van der Waals surface area contributed by atoms with Crippen molar-refractivity contribution < 1.29 is 19.1 Å². The van der Waals surface area contributed by atoms with Crippen LogP contribution in [0.1, 0.15) is 57.6 Å². The van der Waals surface area contributed by atoms with Crippen LogP contribution in [0.4, 0.5) is 5.00 Å². The van der Waals surface area contributed by atoms with Gasteiger partial charge in [-0.05, 0) is 32.8 Å². The lowest BCUT2D eigenvalue weighted by Crippen LogP contribution is -2.25. The second kappa shape index (κ2) is 8.53. The molecule has 146 valence electrons. The number of carbonyl (C=O) groups excluding carboxylic acids is 3. The van der Waals surface area contributed by atoms with Crippen LogP contribution in [0.2, 0.25) is 5.02 Å². The predicted octanol–water partition coefficient (Wildman–Crippen LogP) is 3.08. The third kappa shape index (κ3) is 4.30. The third-order valence-electron chi connectivity index (χ3n) is 3.98. The highest BCUT2D eigenvalue weighted by molar-refractivity contribution is 7.18. The monoisotopic (exact) mass is 412 g/mol. The van der Waals surface area contributed by atoms with Crippen LogP contribution < -0.4 is 11.1 Å². The summed E-state index contributed by atoms with van der Waals surface area (Å²) < 4.78 is 6.64. The molecule has 10 heteroatoms. The van der Waals surface area contributed by atoms with Crippen molar-refractivity contribution in [2.75, 3.05) is 11.9 Å². The number of nitrogens with two attached hydrogens (primary N) is 1. The molecule has 3 N–H and O–H groups in total. The number of nitrogens with zero attached hydrogens (tertiary/aromatic N) is 2. The first-order chi connectivity index (χ1) is 12.7. The number of nitrogens with one attached hydrogen (secondary N) is 1. The van der Waals surface area contributed by atoms with Crippen molar-refractivity contribution in [3.63, 3.8) is 0 Å². The lowest BCUT2D eigenvalue weighted by Gasteiger charge is -2.14. The molecule has 0 saturated carbocycles. The number of rotatable bonds is 7. The Morgan fingerprint density at radius 3 is 2.59 bits per heavy atom. The zero-order valence-corrected chi connectivity index (χ0v) is 17.0. The van der Waals surface area contributed by atoms with E-state index in [4.69, 9.17) is 22.1 Å². The van der Waals surface area contributed by atoms with E-state index in [9.17, 15) is 14.4 Å². The molecule has 2 rings (SSSR count). The van der Waals surface area contributed by atoms with Gasteiger partial charge in [-0.3, -0.25) is 14.3 Å². The quantitative estimate of drug-likeness (QED) is 0.678. The highest BCUT2D eigenvalue weighted by Gasteiger charge is 2.27. The summed E-state index contributed by atoms with van der Waals surface area (Å²) in [5.41, 5.74) is 6.54. The summed E-state index contributed by atoms with van der Waals surface area (Å²) in [6, 6.07) is -0.684. The maximum absolute atomic E-state index is 12.7. The van der Waals surface area contributed by atoms with Crippen molar-refractivity contribution in [3.05, 3.63) is 32.9 Å². The molecule has 0 aromatic carbocycles. The van der Waals surface area contributed by atoms with Gasteiger partial charge >= 0.3 is 5.97 Å². The fourth-order valence-corrected chi connectivity index (χ4v) is 3.65. The summed E-state index contributed by atoms with van der Waals surface area (Å²) in [6.45, 7) is 7.08. The Bertz CT molecular complexity index is 890. The summed E-state index contributed by atoms with van der Waals surface area (Å²) in [6.07, 6.45) is 2.10. The SMILES string of the molecule is CCCOC(=O)c1c(NC(=O)C(C)n2ncc(Cl)c2C)sc(C(N)=O)c1C. The lowest BCUT2D eigenvalue weighted by molar-refractivity contribution is -0.119. The molecule has 2 aromatic heterocycles. The third-order valence-corrected chi connectivity index (χ3v) is 5.57. The molecule has 1 unspecified atom stereocenters. The number of ether oxygens (including phenoxy) is 1. The minimum atomic E-state index is -0.684. The smallest absolute Gasteiger partial charge is 0.341 e. The Morgan fingerprint density at radius 2 is 2.07 bits per heavy atom. The van der Waals surface area contributed by atoms with Crippen LogP contribution in [-0.2, 0) is 9.53 Å². The molecule has 0 saturated heterocycles. The van der Waals surface area contributed by atoms with Crippen LogP contribution >= 0.6 is 22.9 Å². The number of aromatic nitrogens is 2. The van der Waals surface area contributed by atoms with Gasteiger partial charge in [0.1, 0.15) is 11.0 Å². The Kier molecular flexibility index (Phi) is 6.61. The van der Waals surface area contributed by atoms with Crippen molar-refractivity contribution >= 4 is 45.7 Å². The van der Waals surface area contributed by atoms with Gasteiger partial charge in [-0.1, -0.05) is 18.5 Å². The normalized spacial score (nSPS) is 11.9. The van der Waals surface area contributed by atoms with E-state index in [2.05, 4.69) is 10.4 Å². The molecule has 0 spiro atoms. The molecule has 0 aliphatic heterocycles. The van der Waals surface area contributed by atoms with Gasteiger partial charge < -0.3 is 15.8 Å². The van der Waals surface area contributed by atoms with Gasteiger partial charge in [0.25, 0.3) is 5.91 Å². The summed E-state index contributed by atoms with van der Waals surface area (Å²) in [7, 11) is 0. The van der Waals surface area contributed by atoms with Crippen LogP contribution in [0.5, 0.6) is 0 Å². The van der Waals surface area contributed by atoms with Crippen molar-refractivity contribution in [3.8, 4) is 0 Å². The number of esters is 1. The average Bonchev–Trinajstić information content (AvgIpc) is 3.12. The number of amides is 2. The van der Waals surface area contributed by atoms with Crippen LogP contribution in [-0.4, -0.2) is 34.2 Å². The predicted molar refractivity (Wildman–Crippen MR) is 103 cm³/mol. The van der Waals surface area contributed by atoms with Crippen LogP contribution in [0.25, 0.3) is 0 Å². The van der Waals surface area contributed by atoms with E-state index in [1.165, 1.54) is 10.9 Å². The molecule has 0 aliphatic carbocycles. The fraction of sp³-hybridized carbons (Fsp3) is 0.412. The molecule has 2 aromatic rings. The lowest BCUT2D eigenvalue weighted by atomic mass is 10.1. The zero-order chi connectivity index (χ0) is 20.3. The molecule has 1 atom stereocenters. The number of thiophene rings is 1. The minimum Gasteiger partial charge on any atom is -0.462 e. The number of primary amides is 1. The molecular formula is C17H21ClN4O4S. The van der Waals surface area contributed by atoms with Crippen molar-refractivity contribution in [2.45, 2.75) is 40.2 Å². The van der Waals surface area contributed by atoms with Crippen LogP contribution in [0.3, 0.4) is 0 Å². The van der Waals surface area contributed by atoms with E-state index in [0.717, 1.165) is 11.3 Å². The van der Waals surface area contributed by atoms with Gasteiger partial charge in [-0.2, -0.15) is 5.10 Å². The van der Waals surface area contributed by atoms with E-state index in [1.54, 1.807) is 20.8 Å². The van der Waals surface area contributed by atoms with Gasteiger partial charge in [0.15, 0.2) is 0 Å². The molecular weight excluding hydrogens is 392 g/mol. The van der Waals surface area contributed by atoms with E-state index in [1.807, 2.05) is 6.92 Å². The number of hydrogen-bond donors (Lipinski definition) is 2. The van der Waals surface area contributed by atoms with Crippen LogP contribution in [0, 0.1) is 13.8 Å². The Morgan fingerprint density at radius 1 is 1.41 bits per heavy atom. The topological polar surface area (TPSA) is 116 Å². The largest absolute Gasteiger partial charge is 0.462 e. The Hall–Kier alpha value is -2.39. The summed E-state index contributed by atoms with van der Waals surface area (Å²) in [4.78, 5) is 36.9. The first-order valence-electron chi connectivity index (χ1n) is 8.29. The number of anilines is 1. The van der Waals surface area contributed by atoms with E-state index < -0.39 is 23.8 Å². The second-order valence-electron chi connectivity index (χ2n) is 5.95. The maximum atomic E-state index is 12.7. The number of halogens is 1. The van der Waals surface area contributed by atoms with Crippen molar-refractivity contribution in [1.82, 2.24) is 9.78 Å². The standard InChI is InChI=1S/C17H21ClN4O4S/c1-5-6-26-17(25)12-8(2)13(14(19)23)27-16(12)21-15(24)10(4)22-9(3)11(18)7-20-22/h7,10H,5-6H2,1-4H3,(H2,19,23)(H,21,24). The highest BCUT2D eigenvalue weighted by Crippen LogP contribution is 2.34. The number of carbonyl (C=O) groups is 3.